The normalized spacial score (nSPS) is 31.3. The van der Waals surface area contributed by atoms with Crippen molar-refractivity contribution in [2.75, 3.05) is 37.5 Å². The van der Waals surface area contributed by atoms with Gasteiger partial charge in [0.1, 0.15) is 17.9 Å². The predicted octanol–water partition coefficient (Wildman–Crippen LogP) is 1.62. The van der Waals surface area contributed by atoms with Gasteiger partial charge in [-0.15, -0.1) is 12.4 Å². The van der Waals surface area contributed by atoms with Crippen molar-refractivity contribution in [1.82, 2.24) is 9.88 Å². The van der Waals surface area contributed by atoms with Gasteiger partial charge in [0.2, 0.25) is 5.43 Å². The summed E-state index contributed by atoms with van der Waals surface area (Å²) in [4.78, 5) is 24.2. The molecule has 0 spiro atoms. The third-order valence-corrected chi connectivity index (χ3v) is 4.06. The second kappa shape index (κ2) is 6.77. The molecule has 26 heavy (non-hydrogen) atoms. The van der Waals surface area contributed by atoms with Crippen molar-refractivity contribution in [1.29, 1.82) is 0 Å². The van der Waals surface area contributed by atoms with Gasteiger partial charge < -0.3 is 24.6 Å². The zero-order chi connectivity index (χ0) is 24.9. The summed E-state index contributed by atoms with van der Waals surface area (Å²) in [5, 5.41) is 10.6. The Balaban J connectivity index is 0.00000324. The molecule has 1 atom stereocenters. The average Bonchev–Trinajstić information content (AvgIpc) is 2.65. The van der Waals surface area contributed by atoms with Gasteiger partial charge in [-0.3, -0.25) is 4.79 Å². The SMILES string of the molecule is Cl.[2H]C1([2H])NC([2H])([2H])C([2H])([2H])N(c2c(F)cc3c(=O)c(C(=O)O)cn4c3c2OC[C@H]4C)C1([2H])[2H]. The van der Waals surface area contributed by atoms with Crippen molar-refractivity contribution < 1.29 is 30.0 Å². The summed E-state index contributed by atoms with van der Waals surface area (Å²) in [6.07, 6.45) is 1.02. The van der Waals surface area contributed by atoms with E-state index in [9.17, 15) is 14.7 Å². The first-order valence-corrected chi connectivity index (χ1v) is 7.33. The number of nitrogens with zero attached hydrogens (tertiary/aromatic N) is 2. The number of aromatic nitrogens is 1. The molecule has 7 nitrogen and oxygen atoms in total. The molecule has 140 valence electrons. The van der Waals surface area contributed by atoms with Crippen LogP contribution < -0.4 is 20.4 Å². The number of carboxylic acids is 1. The van der Waals surface area contributed by atoms with E-state index in [0.29, 0.717) is 6.07 Å². The molecule has 3 heterocycles. The minimum atomic E-state index is -3.34. The molecule has 0 saturated carbocycles. The number of nitrogens with one attached hydrogen (secondary N) is 1. The van der Waals surface area contributed by atoms with Crippen LogP contribution in [0.3, 0.4) is 0 Å². The molecule has 0 amide bonds. The van der Waals surface area contributed by atoms with Crippen LogP contribution in [0, 0.1) is 5.82 Å². The molecule has 2 aromatic rings. The maximum atomic E-state index is 15.5. The van der Waals surface area contributed by atoms with E-state index < -0.39 is 71.6 Å². The van der Waals surface area contributed by atoms with E-state index in [1.807, 2.05) is 0 Å². The molecule has 1 fully saturated rings. The average molecular weight is 392 g/mol. The van der Waals surface area contributed by atoms with E-state index in [-0.39, 0.29) is 29.4 Å². The Kier molecular flexibility index (Phi) is 2.80. The highest BCUT2D eigenvalue weighted by Crippen LogP contribution is 2.41. The Morgan fingerprint density at radius 2 is 2.15 bits per heavy atom. The van der Waals surface area contributed by atoms with E-state index in [4.69, 9.17) is 15.7 Å². The maximum absolute atomic E-state index is 15.5. The number of benzene rings is 1. The molecule has 2 aliphatic rings. The molecule has 0 radical (unpaired) electrons. The Bertz CT molecular complexity index is 1250. The summed E-state index contributed by atoms with van der Waals surface area (Å²) >= 11 is 0. The highest BCUT2D eigenvalue weighted by atomic mass is 35.5. The molecule has 4 rings (SSSR count). The zero-order valence-electron chi connectivity index (χ0n) is 21.3. The van der Waals surface area contributed by atoms with E-state index in [0.717, 1.165) is 6.20 Å². The van der Waals surface area contributed by atoms with Gasteiger partial charge in [-0.2, -0.15) is 0 Å². The molecule has 0 aliphatic carbocycles. The summed E-state index contributed by atoms with van der Waals surface area (Å²) in [7, 11) is 0. The first-order valence-electron chi connectivity index (χ1n) is 11.3. The summed E-state index contributed by atoms with van der Waals surface area (Å²) in [6.45, 7) is -11.6. The fourth-order valence-electron chi connectivity index (χ4n) is 2.91. The number of anilines is 1. The van der Waals surface area contributed by atoms with Gasteiger partial charge in [0, 0.05) is 37.7 Å². The standard InChI is InChI=1S/C17H18FN3O4.ClH/c1-9-8-25-16-13-10(15(22)11(17(23)24)7-21(9)13)6-12(18)14(16)20-4-2-19-3-5-20;/h6-7,9,19H,2-5,8H2,1H3,(H,23,24);1H/t9-;/m1./s1/i2D2,3D2,4D2,5D2;. The molecule has 1 aromatic carbocycles. The topological polar surface area (TPSA) is 83.8 Å². The van der Waals surface area contributed by atoms with Crippen molar-refractivity contribution in [2.24, 2.45) is 0 Å². The van der Waals surface area contributed by atoms with Crippen LogP contribution in [-0.2, 0) is 0 Å². The fraction of sp³-hybridized carbons (Fsp3) is 0.412. The van der Waals surface area contributed by atoms with Gasteiger partial charge in [-0.05, 0) is 13.0 Å². The highest BCUT2D eigenvalue weighted by Gasteiger charge is 2.30. The molecule has 1 aromatic heterocycles. The largest absolute Gasteiger partial charge is 0.487 e. The predicted molar refractivity (Wildman–Crippen MR) is 97.7 cm³/mol. The van der Waals surface area contributed by atoms with Crippen molar-refractivity contribution >= 4 is 35.0 Å². The molecule has 2 N–H and O–H groups in total. The van der Waals surface area contributed by atoms with Gasteiger partial charge in [-0.25, -0.2) is 9.18 Å². The van der Waals surface area contributed by atoms with Crippen LogP contribution in [0.25, 0.3) is 10.9 Å². The summed E-state index contributed by atoms with van der Waals surface area (Å²) in [6, 6.07) is 0.0478. The lowest BCUT2D eigenvalue weighted by Gasteiger charge is -2.34. The van der Waals surface area contributed by atoms with Crippen LogP contribution >= 0.6 is 12.4 Å². The fourth-order valence-corrected chi connectivity index (χ4v) is 2.91. The Morgan fingerprint density at radius 1 is 1.46 bits per heavy atom. The number of hydrogen-bond acceptors (Lipinski definition) is 5. The van der Waals surface area contributed by atoms with E-state index >= 15 is 4.39 Å². The van der Waals surface area contributed by atoms with Gasteiger partial charge >= 0.3 is 5.97 Å². The Morgan fingerprint density at radius 3 is 2.81 bits per heavy atom. The molecule has 9 heteroatoms. The van der Waals surface area contributed by atoms with Crippen molar-refractivity contribution in [3.63, 3.8) is 0 Å². The molecule has 0 unspecified atom stereocenters. The molecule has 1 saturated heterocycles. The first kappa shape index (κ1) is 10.7. The number of halogens is 2. The number of carboxylic acid groups (broad SMARTS) is 1. The highest BCUT2D eigenvalue weighted by molar-refractivity contribution is 5.97. The lowest BCUT2D eigenvalue weighted by atomic mass is 10.1. The van der Waals surface area contributed by atoms with E-state index in [2.05, 4.69) is 0 Å². The smallest absolute Gasteiger partial charge is 0.341 e. The third-order valence-electron chi connectivity index (χ3n) is 4.06. The summed E-state index contributed by atoms with van der Waals surface area (Å²) in [5.74, 6) is -3.50. The summed E-state index contributed by atoms with van der Waals surface area (Å²) in [5.41, 5.74) is -2.77. The lowest BCUT2D eigenvalue weighted by Crippen LogP contribution is -2.44. The Hall–Kier alpha value is -2.32. The van der Waals surface area contributed by atoms with Crippen LogP contribution in [0.1, 0.15) is 34.3 Å². The number of pyridine rings is 1. The number of rotatable bonds is 2. The van der Waals surface area contributed by atoms with Crippen molar-refractivity contribution in [3.05, 3.63) is 33.9 Å². The van der Waals surface area contributed by atoms with Crippen LogP contribution in [-0.4, -0.2) is 48.2 Å². The van der Waals surface area contributed by atoms with Gasteiger partial charge in [0.25, 0.3) is 0 Å². The number of piperazine rings is 1. The van der Waals surface area contributed by atoms with Crippen LogP contribution in [0.5, 0.6) is 5.75 Å². The van der Waals surface area contributed by atoms with Gasteiger partial charge in [0.05, 0.1) is 22.4 Å². The second-order valence-corrected chi connectivity index (χ2v) is 5.61. The first-order chi connectivity index (χ1) is 15.0. The maximum Gasteiger partial charge on any atom is 0.341 e. The molecule has 2 aliphatic heterocycles. The minimum absolute atomic E-state index is 0. The minimum Gasteiger partial charge on any atom is -0.487 e. The van der Waals surface area contributed by atoms with Crippen molar-refractivity contribution in [3.8, 4) is 5.75 Å². The van der Waals surface area contributed by atoms with E-state index in [1.165, 1.54) is 4.57 Å². The third kappa shape index (κ3) is 2.69. The quantitative estimate of drug-likeness (QED) is 0.809. The van der Waals surface area contributed by atoms with Crippen LogP contribution in [0.15, 0.2) is 17.1 Å². The number of ether oxygens (including phenoxy) is 1. The van der Waals surface area contributed by atoms with Crippen molar-refractivity contribution in [2.45, 2.75) is 13.0 Å². The zero-order valence-corrected chi connectivity index (χ0v) is 14.1. The monoisotopic (exact) mass is 391 g/mol. The Labute approximate surface area is 166 Å². The number of carbonyl (C=O) groups is 1. The van der Waals surface area contributed by atoms with Gasteiger partial charge in [0.15, 0.2) is 11.6 Å². The number of hydrogen-bond donors (Lipinski definition) is 2. The van der Waals surface area contributed by atoms with Crippen LogP contribution in [0.2, 0.25) is 0 Å². The number of aromatic carboxylic acids is 1. The van der Waals surface area contributed by atoms with Gasteiger partial charge in [-0.1, -0.05) is 0 Å². The molecule has 0 bridgehead atoms. The van der Waals surface area contributed by atoms with Crippen LogP contribution in [0.4, 0.5) is 10.1 Å². The lowest BCUT2D eigenvalue weighted by molar-refractivity contribution is 0.0694. The molecular formula is C17H19ClFN3O4. The molecular weight excluding hydrogens is 365 g/mol. The van der Waals surface area contributed by atoms with E-state index in [1.54, 1.807) is 12.2 Å². The summed E-state index contributed by atoms with van der Waals surface area (Å²) < 4.78 is 87.2. The second-order valence-electron chi connectivity index (χ2n) is 5.61.